The fourth-order valence-electron chi connectivity index (χ4n) is 4.88. The van der Waals surface area contributed by atoms with Gasteiger partial charge in [-0.3, -0.25) is 14.6 Å². The molecule has 1 aliphatic carbocycles. The number of thiophene rings is 1. The normalized spacial score (nSPS) is 19.0. The van der Waals surface area contributed by atoms with Crippen molar-refractivity contribution in [1.82, 2.24) is 10.3 Å². The number of alkyl carbamates (subject to hydrolysis) is 1. The third kappa shape index (κ3) is 8.13. The van der Waals surface area contributed by atoms with Gasteiger partial charge < -0.3 is 24.9 Å². The molecule has 3 unspecified atom stereocenters. The zero-order valence-corrected chi connectivity index (χ0v) is 23.7. The van der Waals surface area contributed by atoms with Crippen molar-refractivity contribution < 1.29 is 33.8 Å². The standard InChI is InChI=1S/C28H32N4O8S/c1-28(2,3)40-27(35)30-13-21(25(33)31-23-12-18-9-10-29-14-22(18)41-23)24-19(16-39-32(36)37)11-20(24)26(34)38-15-17-7-5-4-6-8-17/h4-10,12,14,19-21,24H,11,13,15-16H2,1-3H3,(H,30,35)(H,31,33)/t19?,20-,21?,24?/m0/s1. The number of hydrogen-bond acceptors (Lipinski definition) is 10. The van der Waals surface area contributed by atoms with Crippen molar-refractivity contribution in [3.63, 3.8) is 0 Å². The van der Waals surface area contributed by atoms with Crippen LogP contribution in [0.15, 0.2) is 54.9 Å². The molecular weight excluding hydrogens is 552 g/mol. The van der Waals surface area contributed by atoms with Crippen LogP contribution in [0.3, 0.4) is 0 Å². The molecule has 1 aromatic carbocycles. The molecule has 2 heterocycles. The average molecular weight is 585 g/mol. The monoisotopic (exact) mass is 584 g/mol. The molecule has 1 saturated carbocycles. The number of aromatic nitrogens is 1. The number of anilines is 1. The van der Waals surface area contributed by atoms with E-state index in [2.05, 4.69) is 20.5 Å². The molecule has 0 spiro atoms. The lowest BCUT2D eigenvalue weighted by Gasteiger charge is -2.46. The second-order valence-electron chi connectivity index (χ2n) is 10.8. The summed E-state index contributed by atoms with van der Waals surface area (Å²) >= 11 is 1.33. The van der Waals surface area contributed by atoms with E-state index in [-0.39, 0.29) is 26.2 Å². The van der Waals surface area contributed by atoms with Gasteiger partial charge in [0.25, 0.3) is 5.09 Å². The molecule has 4 atom stereocenters. The van der Waals surface area contributed by atoms with Gasteiger partial charge in [0.1, 0.15) is 12.2 Å². The Morgan fingerprint density at radius 1 is 1.20 bits per heavy atom. The smallest absolute Gasteiger partial charge is 0.407 e. The molecule has 41 heavy (non-hydrogen) atoms. The second kappa shape index (κ2) is 12.9. The molecule has 0 radical (unpaired) electrons. The third-order valence-corrected chi connectivity index (χ3v) is 7.72. The molecule has 1 aliphatic rings. The molecule has 3 aromatic rings. The molecule has 0 aliphatic heterocycles. The molecule has 1 fully saturated rings. The van der Waals surface area contributed by atoms with Crippen LogP contribution in [0.25, 0.3) is 10.1 Å². The predicted octanol–water partition coefficient (Wildman–Crippen LogP) is 4.58. The number of ether oxygens (including phenoxy) is 2. The van der Waals surface area contributed by atoms with Gasteiger partial charge in [-0.2, -0.15) is 0 Å². The number of nitrogens with one attached hydrogen (secondary N) is 2. The summed E-state index contributed by atoms with van der Waals surface area (Å²) in [6.45, 7) is 4.70. The highest BCUT2D eigenvalue weighted by molar-refractivity contribution is 7.22. The van der Waals surface area contributed by atoms with E-state index in [4.69, 9.17) is 9.47 Å². The van der Waals surface area contributed by atoms with Gasteiger partial charge in [0.2, 0.25) is 5.91 Å². The number of carbonyl (C=O) groups excluding carboxylic acids is 3. The molecule has 218 valence electrons. The summed E-state index contributed by atoms with van der Waals surface area (Å²) in [4.78, 5) is 59.0. The SMILES string of the molecule is CC(C)(C)OC(=O)NCC(C(=O)Nc1cc2ccncc2s1)C1C(CO[N+](=O)[O-])C[C@@H]1C(=O)OCc1ccccc1. The van der Waals surface area contributed by atoms with Crippen molar-refractivity contribution in [3.05, 3.63) is 70.5 Å². The first-order valence-corrected chi connectivity index (χ1v) is 13.9. The molecule has 12 nitrogen and oxygen atoms in total. The highest BCUT2D eigenvalue weighted by Gasteiger charge is 2.52. The van der Waals surface area contributed by atoms with Gasteiger partial charge in [0.05, 0.1) is 28.1 Å². The molecule has 2 amide bonds. The molecule has 2 N–H and O–H groups in total. The highest BCUT2D eigenvalue weighted by Crippen LogP contribution is 2.47. The summed E-state index contributed by atoms with van der Waals surface area (Å²) < 4.78 is 11.8. The molecule has 13 heteroatoms. The second-order valence-corrected chi connectivity index (χ2v) is 11.9. The van der Waals surface area contributed by atoms with E-state index in [1.807, 2.05) is 36.4 Å². The van der Waals surface area contributed by atoms with Crippen molar-refractivity contribution in [2.24, 2.45) is 23.7 Å². The first kappa shape index (κ1) is 29.7. The Kier molecular flexibility index (Phi) is 9.38. The van der Waals surface area contributed by atoms with Crippen molar-refractivity contribution in [2.75, 3.05) is 18.5 Å². The molecule has 2 aromatic heterocycles. The number of carbonyl (C=O) groups is 3. The Morgan fingerprint density at radius 2 is 1.95 bits per heavy atom. The number of fused-ring (bicyclic) bond motifs is 1. The van der Waals surface area contributed by atoms with Crippen molar-refractivity contribution >= 4 is 44.4 Å². The first-order valence-electron chi connectivity index (χ1n) is 13.1. The fourth-order valence-corrected chi connectivity index (χ4v) is 5.81. The van der Waals surface area contributed by atoms with Crippen LogP contribution < -0.4 is 10.6 Å². The average Bonchev–Trinajstić information content (AvgIpc) is 3.30. The van der Waals surface area contributed by atoms with Crippen LogP contribution in [-0.4, -0.2) is 46.8 Å². The Balaban J connectivity index is 1.56. The van der Waals surface area contributed by atoms with Gasteiger partial charge >= 0.3 is 12.1 Å². The Labute approximate surface area is 240 Å². The number of pyridine rings is 1. The number of esters is 1. The predicted molar refractivity (Wildman–Crippen MR) is 150 cm³/mol. The maximum atomic E-state index is 13.7. The van der Waals surface area contributed by atoms with Crippen LogP contribution in [-0.2, 0) is 30.5 Å². The van der Waals surface area contributed by atoms with E-state index in [1.165, 1.54) is 11.3 Å². The van der Waals surface area contributed by atoms with Crippen LogP contribution in [0, 0.1) is 33.8 Å². The summed E-state index contributed by atoms with van der Waals surface area (Å²) in [7, 11) is 0. The third-order valence-electron chi connectivity index (χ3n) is 6.72. The number of hydrogen-bond donors (Lipinski definition) is 2. The summed E-state index contributed by atoms with van der Waals surface area (Å²) in [5.41, 5.74) is 0.0278. The minimum absolute atomic E-state index is 0.0435. The van der Waals surface area contributed by atoms with Crippen molar-refractivity contribution in [2.45, 2.75) is 39.4 Å². The van der Waals surface area contributed by atoms with Crippen LogP contribution >= 0.6 is 11.3 Å². The summed E-state index contributed by atoms with van der Waals surface area (Å²) in [6, 6.07) is 12.8. The number of nitrogens with zero attached hydrogens (tertiary/aromatic N) is 2. The van der Waals surface area contributed by atoms with Gasteiger partial charge in [0.15, 0.2) is 0 Å². The van der Waals surface area contributed by atoms with E-state index >= 15 is 0 Å². The van der Waals surface area contributed by atoms with Crippen molar-refractivity contribution in [1.29, 1.82) is 0 Å². The Hall–Kier alpha value is -4.26. The molecular formula is C28H32N4O8S. The van der Waals surface area contributed by atoms with E-state index in [1.54, 1.807) is 39.2 Å². The Bertz CT molecular complexity index is 1360. The lowest BCUT2D eigenvalue weighted by molar-refractivity contribution is -0.760. The summed E-state index contributed by atoms with van der Waals surface area (Å²) in [5.74, 6) is -3.88. The van der Waals surface area contributed by atoms with Crippen LogP contribution in [0.5, 0.6) is 0 Å². The largest absolute Gasteiger partial charge is 0.461 e. The summed E-state index contributed by atoms with van der Waals surface area (Å²) in [5, 5.41) is 17.0. The zero-order chi connectivity index (χ0) is 29.6. The first-order chi connectivity index (χ1) is 19.5. The number of rotatable bonds is 11. The quantitative estimate of drug-likeness (QED) is 0.187. The minimum Gasteiger partial charge on any atom is -0.461 e. The number of benzene rings is 1. The van der Waals surface area contributed by atoms with Gasteiger partial charge in [0, 0.05) is 18.9 Å². The fraction of sp³-hybridized carbons (Fsp3) is 0.429. The Morgan fingerprint density at radius 3 is 2.63 bits per heavy atom. The van der Waals surface area contributed by atoms with Gasteiger partial charge in [-0.25, -0.2) is 4.79 Å². The van der Waals surface area contributed by atoms with Crippen LogP contribution in [0.4, 0.5) is 9.80 Å². The van der Waals surface area contributed by atoms with Crippen molar-refractivity contribution in [3.8, 4) is 0 Å². The highest BCUT2D eigenvalue weighted by atomic mass is 32.1. The van der Waals surface area contributed by atoms with E-state index in [0.29, 0.717) is 5.00 Å². The molecule has 0 saturated heterocycles. The van der Waals surface area contributed by atoms with E-state index in [0.717, 1.165) is 15.6 Å². The van der Waals surface area contributed by atoms with Crippen LogP contribution in [0.1, 0.15) is 32.8 Å². The van der Waals surface area contributed by atoms with Crippen LogP contribution in [0.2, 0.25) is 0 Å². The van der Waals surface area contributed by atoms with Gasteiger partial charge in [-0.05, 0) is 62.1 Å². The lowest BCUT2D eigenvalue weighted by Crippen LogP contribution is -2.54. The topological polar surface area (TPSA) is 159 Å². The number of amides is 2. The van der Waals surface area contributed by atoms with E-state index in [9.17, 15) is 24.5 Å². The van der Waals surface area contributed by atoms with Gasteiger partial charge in [-0.1, -0.05) is 30.3 Å². The lowest BCUT2D eigenvalue weighted by atomic mass is 9.59. The minimum atomic E-state index is -0.950. The van der Waals surface area contributed by atoms with E-state index < -0.39 is 52.3 Å². The zero-order valence-electron chi connectivity index (χ0n) is 22.9. The molecule has 0 bridgehead atoms. The molecule has 4 rings (SSSR count). The van der Waals surface area contributed by atoms with Gasteiger partial charge in [-0.15, -0.1) is 21.5 Å². The maximum absolute atomic E-state index is 13.7. The summed E-state index contributed by atoms with van der Waals surface area (Å²) in [6.07, 6.45) is 2.83. The maximum Gasteiger partial charge on any atom is 0.407 e.